The number of rotatable bonds is 7. The number of sulfone groups is 1. The molecular formula is C16H25NO3S. The summed E-state index contributed by atoms with van der Waals surface area (Å²) in [4.78, 5) is 0. The number of aryl methyl sites for hydroxylation is 1. The van der Waals surface area contributed by atoms with Crippen molar-refractivity contribution in [2.24, 2.45) is 0 Å². The van der Waals surface area contributed by atoms with Crippen molar-refractivity contribution < 1.29 is 13.2 Å². The molecule has 2 atom stereocenters. The maximum Gasteiger partial charge on any atom is 0.157 e. The van der Waals surface area contributed by atoms with Crippen LogP contribution in [0, 0.1) is 0 Å². The summed E-state index contributed by atoms with van der Waals surface area (Å²) in [5.74, 6) is 0.0979. The van der Waals surface area contributed by atoms with Crippen molar-refractivity contribution in [3.8, 4) is 0 Å². The van der Waals surface area contributed by atoms with Gasteiger partial charge in [-0.1, -0.05) is 31.2 Å². The Morgan fingerprint density at radius 2 is 2.10 bits per heavy atom. The summed E-state index contributed by atoms with van der Waals surface area (Å²) in [6.45, 7) is 3.19. The van der Waals surface area contributed by atoms with Crippen LogP contribution in [0.1, 0.15) is 36.9 Å². The van der Waals surface area contributed by atoms with E-state index in [1.165, 1.54) is 5.56 Å². The van der Waals surface area contributed by atoms with Gasteiger partial charge in [-0.05, 0) is 36.9 Å². The molecule has 5 heteroatoms. The minimum absolute atomic E-state index is 0.0979. The Morgan fingerprint density at radius 3 is 2.81 bits per heavy atom. The van der Waals surface area contributed by atoms with Gasteiger partial charge in [0.05, 0.1) is 17.6 Å². The first-order chi connectivity index (χ1) is 10.1. The fourth-order valence-electron chi connectivity index (χ4n) is 3.01. The van der Waals surface area contributed by atoms with Crippen molar-refractivity contribution in [3.05, 3.63) is 35.4 Å². The van der Waals surface area contributed by atoms with Crippen molar-refractivity contribution in [1.29, 1.82) is 0 Å². The smallest absolute Gasteiger partial charge is 0.157 e. The minimum Gasteiger partial charge on any atom is -0.384 e. The average molecular weight is 311 g/mol. The molecule has 2 unspecified atom stereocenters. The van der Waals surface area contributed by atoms with E-state index in [0.29, 0.717) is 6.42 Å². The third-order valence-electron chi connectivity index (χ3n) is 4.11. The second-order valence-electron chi connectivity index (χ2n) is 5.57. The van der Waals surface area contributed by atoms with E-state index in [9.17, 15) is 8.42 Å². The zero-order valence-electron chi connectivity index (χ0n) is 12.8. The molecule has 0 aliphatic heterocycles. The third kappa shape index (κ3) is 3.84. The molecular weight excluding hydrogens is 286 g/mol. The minimum atomic E-state index is -3.16. The molecule has 0 bridgehead atoms. The Bertz CT molecular complexity index is 556. The number of benzene rings is 1. The molecule has 1 aromatic rings. The highest BCUT2D eigenvalue weighted by Gasteiger charge is 2.37. The van der Waals surface area contributed by atoms with Gasteiger partial charge in [-0.25, -0.2) is 8.42 Å². The van der Waals surface area contributed by atoms with Crippen LogP contribution in [0.25, 0.3) is 0 Å². The maximum absolute atomic E-state index is 12.6. The van der Waals surface area contributed by atoms with Crippen LogP contribution in [0.2, 0.25) is 0 Å². The van der Waals surface area contributed by atoms with E-state index >= 15 is 0 Å². The molecule has 21 heavy (non-hydrogen) atoms. The van der Waals surface area contributed by atoms with Gasteiger partial charge < -0.3 is 10.1 Å². The predicted molar refractivity (Wildman–Crippen MR) is 85.2 cm³/mol. The second-order valence-corrected chi connectivity index (χ2v) is 7.91. The molecule has 0 saturated heterocycles. The van der Waals surface area contributed by atoms with Crippen molar-refractivity contribution in [2.75, 3.05) is 26.0 Å². The van der Waals surface area contributed by atoms with Crippen LogP contribution in [-0.4, -0.2) is 39.7 Å². The summed E-state index contributed by atoms with van der Waals surface area (Å²) in [5.41, 5.74) is 2.41. The van der Waals surface area contributed by atoms with Gasteiger partial charge in [-0.3, -0.25) is 0 Å². The molecule has 2 rings (SSSR count). The fourth-order valence-corrected chi connectivity index (χ4v) is 4.85. The van der Waals surface area contributed by atoms with Crippen molar-refractivity contribution >= 4 is 9.84 Å². The van der Waals surface area contributed by atoms with Gasteiger partial charge in [-0.15, -0.1) is 0 Å². The van der Waals surface area contributed by atoms with Crippen LogP contribution in [0.15, 0.2) is 24.3 Å². The molecule has 0 heterocycles. The first-order valence-electron chi connectivity index (χ1n) is 7.62. The molecule has 0 amide bonds. The van der Waals surface area contributed by atoms with E-state index < -0.39 is 9.84 Å². The Labute approximate surface area is 127 Å². The largest absolute Gasteiger partial charge is 0.384 e. The Morgan fingerprint density at radius 1 is 1.33 bits per heavy atom. The van der Waals surface area contributed by atoms with Crippen LogP contribution in [0.3, 0.4) is 0 Å². The summed E-state index contributed by atoms with van der Waals surface area (Å²) < 4.78 is 30.2. The van der Waals surface area contributed by atoms with Gasteiger partial charge in [0.2, 0.25) is 0 Å². The molecule has 0 fully saturated rings. The number of methoxy groups -OCH3 is 1. The highest BCUT2D eigenvalue weighted by molar-refractivity contribution is 7.92. The standard InChI is InChI=1S/C16H25NO3S/c1-3-10-17-16-14-7-5-4-6-13(14)8-9-15(16)21(18,19)12-11-20-2/h4-7,15-17H,3,8-12H2,1-2H3. The SMILES string of the molecule is CCCNC1c2ccccc2CCC1S(=O)(=O)CCOC. The number of fused-ring (bicyclic) bond motifs is 1. The van der Waals surface area contributed by atoms with E-state index in [4.69, 9.17) is 4.74 Å². The molecule has 4 nitrogen and oxygen atoms in total. The van der Waals surface area contributed by atoms with Crippen LogP contribution in [-0.2, 0) is 21.0 Å². The molecule has 1 aliphatic carbocycles. The zero-order chi connectivity index (χ0) is 15.3. The summed E-state index contributed by atoms with van der Waals surface area (Å²) in [5, 5.41) is 3.09. The number of hydrogen-bond donors (Lipinski definition) is 1. The van der Waals surface area contributed by atoms with E-state index in [0.717, 1.165) is 24.9 Å². The lowest BCUT2D eigenvalue weighted by molar-refractivity contribution is 0.216. The van der Waals surface area contributed by atoms with E-state index in [1.54, 1.807) is 7.11 Å². The fraction of sp³-hybridized carbons (Fsp3) is 0.625. The number of ether oxygens (including phenoxy) is 1. The molecule has 0 saturated carbocycles. The third-order valence-corrected chi connectivity index (χ3v) is 6.27. The first-order valence-corrected chi connectivity index (χ1v) is 9.33. The van der Waals surface area contributed by atoms with Gasteiger partial charge in [0.1, 0.15) is 0 Å². The summed E-state index contributed by atoms with van der Waals surface area (Å²) in [6.07, 6.45) is 2.51. The molecule has 118 valence electrons. The monoisotopic (exact) mass is 311 g/mol. The second kappa shape index (κ2) is 7.38. The Kier molecular flexibility index (Phi) is 5.79. The van der Waals surface area contributed by atoms with Crippen LogP contribution < -0.4 is 5.32 Å². The molecule has 0 spiro atoms. The van der Waals surface area contributed by atoms with E-state index in [1.807, 2.05) is 12.1 Å². The maximum atomic E-state index is 12.6. The van der Waals surface area contributed by atoms with E-state index in [2.05, 4.69) is 24.4 Å². The van der Waals surface area contributed by atoms with Gasteiger partial charge in [-0.2, -0.15) is 0 Å². The predicted octanol–water partition coefficient (Wildman–Crippen LogP) is 2.10. The van der Waals surface area contributed by atoms with Crippen molar-refractivity contribution in [3.63, 3.8) is 0 Å². The summed E-state index contributed by atoms with van der Waals surface area (Å²) in [7, 11) is -1.62. The topological polar surface area (TPSA) is 55.4 Å². The lowest BCUT2D eigenvalue weighted by atomic mass is 9.87. The molecule has 1 aliphatic rings. The normalized spacial score (nSPS) is 22.0. The van der Waals surface area contributed by atoms with Gasteiger partial charge >= 0.3 is 0 Å². The van der Waals surface area contributed by atoms with Crippen LogP contribution >= 0.6 is 0 Å². The number of nitrogens with one attached hydrogen (secondary N) is 1. The molecule has 1 N–H and O–H groups in total. The van der Waals surface area contributed by atoms with Gasteiger partial charge in [0.25, 0.3) is 0 Å². The number of hydrogen-bond acceptors (Lipinski definition) is 4. The van der Waals surface area contributed by atoms with Crippen molar-refractivity contribution in [1.82, 2.24) is 5.32 Å². The van der Waals surface area contributed by atoms with Gasteiger partial charge in [0, 0.05) is 13.2 Å². The Hall–Kier alpha value is -0.910. The summed E-state index contributed by atoms with van der Waals surface area (Å²) in [6, 6.07) is 8.07. The highest BCUT2D eigenvalue weighted by atomic mass is 32.2. The first kappa shape index (κ1) is 16.5. The van der Waals surface area contributed by atoms with Crippen molar-refractivity contribution in [2.45, 2.75) is 37.5 Å². The molecule has 1 aromatic carbocycles. The van der Waals surface area contributed by atoms with Crippen LogP contribution in [0.5, 0.6) is 0 Å². The van der Waals surface area contributed by atoms with Gasteiger partial charge in [0.15, 0.2) is 9.84 Å². The van der Waals surface area contributed by atoms with Crippen LogP contribution in [0.4, 0.5) is 0 Å². The molecule has 0 radical (unpaired) electrons. The lowest BCUT2D eigenvalue weighted by Crippen LogP contribution is -2.42. The quantitative estimate of drug-likeness (QED) is 0.838. The lowest BCUT2D eigenvalue weighted by Gasteiger charge is -2.34. The van der Waals surface area contributed by atoms with E-state index in [-0.39, 0.29) is 23.7 Å². The molecule has 0 aromatic heterocycles. The zero-order valence-corrected chi connectivity index (χ0v) is 13.7. The Balaban J connectivity index is 2.29. The average Bonchev–Trinajstić information content (AvgIpc) is 2.50. The highest BCUT2D eigenvalue weighted by Crippen LogP contribution is 2.34. The summed E-state index contributed by atoms with van der Waals surface area (Å²) >= 11 is 0.